The van der Waals surface area contributed by atoms with Gasteiger partial charge in [-0.05, 0) is 37.8 Å². The first-order valence-corrected chi connectivity index (χ1v) is 7.58. The van der Waals surface area contributed by atoms with E-state index in [1.165, 1.54) is 37.7 Å². The Morgan fingerprint density at radius 2 is 2.16 bits per heavy atom. The zero-order chi connectivity index (χ0) is 13.5. The maximum atomic E-state index is 5.49. The number of rotatable bonds is 6. The van der Waals surface area contributed by atoms with Crippen molar-refractivity contribution in [2.75, 3.05) is 13.7 Å². The van der Waals surface area contributed by atoms with Crippen LogP contribution in [0.1, 0.15) is 57.1 Å². The summed E-state index contributed by atoms with van der Waals surface area (Å²) in [6.07, 6.45) is 11.6. The van der Waals surface area contributed by atoms with Gasteiger partial charge in [0.2, 0.25) is 0 Å². The molecule has 1 aromatic rings. The molecule has 0 saturated heterocycles. The normalized spacial score (nSPS) is 18.2. The van der Waals surface area contributed by atoms with E-state index in [1.807, 2.05) is 12.4 Å². The lowest BCUT2D eigenvalue weighted by molar-refractivity contribution is 0.265. The summed E-state index contributed by atoms with van der Waals surface area (Å²) >= 11 is 0. The molecule has 19 heavy (non-hydrogen) atoms. The molecule has 1 aromatic heterocycles. The summed E-state index contributed by atoms with van der Waals surface area (Å²) in [4.78, 5) is 4.17. The molecule has 3 nitrogen and oxygen atoms in total. The molecule has 1 aliphatic rings. The van der Waals surface area contributed by atoms with E-state index in [0.717, 1.165) is 24.6 Å². The molecular formula is C16H26N2O. The van der Waals surface area contributed by atoms with Crippen LogP contribution in [0.5, 0.6) is 5.75 Å². The van der Waals surface area contributed by atoms with Crippen molar-refractivity contribution in [3.05, 3.63) is 24.0 Å². The fraction of sp³-hybridized carbons (Fsp3) is 0.688. The van der Waals surface area contributed by atoms with E-state index in [-0.39, 0.29) is 0 Å². The number of nitrogens with one attached hydrogen (secondary N) is 1. The minimum absolute atomic E-state index is 0.415. The zero-order valence-electron chi connectivity index (χ0n) is 12.2. The standard InChI is InChI=1S/C16H26N2O/c1-3-10-18-16(13-7-5-4-6-8-13)14-9-11-17-12-15(14)19-2/h9,11-13,16,18H,3-8,10H2,1-2H3. The van der Waals surface area contributed by atoms with Gasteiger partial charge >= 0.3 is 0 Å². The Hall–Kier alpha value is -1.09. The number of pyridine rings is 1. The molecule has 3 heteroatoms. The van der Waals surface area contributed by atoms with E-state index in [0.29, 0.717) is 6.04 Å². The number of hydrogen-bond acceptors (Lipinski definition) is 3. The van der Waals surface area contributed by atoms with Crippen LogP contribution in [-0.4, -0.2) is 18.6 Å². The first-order valence-electron chi connectivity index (χ1n) is 7.58. The van der Waals surface area contributed by atoms with Crippen molar-refractivity contribution >= 4 is 0 Å². The molecule has 2 rings (SSSR count). The smallest absolute Gasteiger partial charge is 0.141 e. The Kier molecular flexibility index (Phi) is 5.64. The summed E-state index contributed by atoms with van der Waals surface area (Å²) in [6, 6.07) is 2.53. The average molecular weight is 262 g/mol. The monoisotopic (exact) mass is 262 g/mol. The highest BCUT2D eigenvalue weighted by Crippen LogP contribution is 2.37. The summed E-state index contributed by atoms with van der Waals surface area (Å²) in [7, 11) is 1.73. The van der Waals surface area contributed by atoms with Crippen molar-refractivity contribution in [1.29, 1.82) is 0 Å². The lowest BCUT2D eigenvalue weighted by atomic mass is 9.81. The van der Waals surface area contributed by atoms with Crippen LogP contribution in [0.15, 0.2) is 18.5 Å². The highest BCUT2D eigenvalue weighted by Gasteiger charge is 2.26. The van der Waals surface area contributed by atoms with Crippen molar-refractivity contribution < 1.29 is 4.74 Å². The molecule has 0 aliphatic heterocycles. The van der Waals surface area contributed by atoms with Gasteiger partial charge in [0.05, 0.1) is 13.3 Å². The molecule has 0 bridgehead atoms. The zero-order valence-corrected chi connectivity index (χ0v) is 12.2. The first kappa shape index (κ1) is 14.3. The SMILES string of the molecule is CCCNC(c1ccncc1OC)C1CCCCC1. The second-order valence-electron chi connectivity index (χ2n) is 5.45. The molecule has 1 atom stereocenters. The quantitative estimate of drug-likeness (QED) is 0.848. The Labute approximate surface area is 116 Å². The number of hydrogen-bond donors (Lipinski definition) is 1. The van der Waals surface area contributed by atoms with Crippen molar-refractivity contribution in [3.63, 3.8) is 0 Å². The van der Waals surface area contributed by atoms with Gasteiger partial charge in [-0.3, -0.25) is 4.98 Å². The summed E-state index contributed by atoms with van der Waals surface area (Å²) in [5, 5.41) is 3.72. The van der Waals surface area contributed by atoms with Crippen LogP contribution in [0.3, 0.4) is 0 Å². The topological polar surface area (TPSA) is 34.2 Å². The van der Waals surface area contributed by atoms with E-state index >= 15 is 0 Å². The molecule has 0 radical (unpaired) electrons. The van der Waals surface area contributed by atoms with E-state index in [2.05, 4.69) is 23.3 Å². The molecule has 0 spiro atoms. The number of methoxy groups -OCH3 is 1. The van der Waals surface area contributed by atoms with Crippen molar-refractivity contribution in [2.45, 2.75) is 51.5 Å². The van der Waals surface area contributed by atoms with Crippen molar-refractivity contribution in [2.24, 2.45) is 5.92 Å². The van der Waals surface area contributed by atoms with E-state index in [4.69, 9.17) is 4.74 Å². The molecule has 0 aromatic carbocycles. The fourth-order valence-electron chi connectivity index (χ4n) is 3.12. The predicted octanol–water partition coefficient (Wildman–Crippen LogP) is 3.71. The molecule has 1 aliphatic carbocycles. The van der Waals surface area contributed by atoms with Crippen LogP contribution in [0, 0.1) is 5.92 Å². The second kappa shape index (κ2) is 7.49. The summed E-state index contributed by atoms with van der Waals surface area (Å²) in [6.45, 7) is 3.28. The molecule has 1 fully saturated rings. The molecule has 1 N–H and O–H groups in total. The van der Waals surface area contributed by atoms with Gasteiger partial charge in [-0.2, -0.15) is 0 Å². The summed E-state index contributed by atoms with van der Waals surface area (Å²) < 4.78 is 5.49. The average Bonchev–Trinajstić information content (AvgIpc) is 2.49. The van der Waals surface area contributed by atoms with Gasteiger partial charge in [0.1, 0.15) is 5.75 Å². The Balaban J connectivity index is 2.19. The second-order valence-corrected chi connectivity index (χ2v) is 5.45. The molecule has 1 unspecified atom stereocenters. The number of nitrogens with zero attached hydrogens (tertiary/aromatic N) is 1. The lowest BCUT2D eigenvalue weighted by Gasteiger charge is -2.32. The van der Waals surface area contributed by atoms with E-state index in [1.54, 1.807) is 7.11 Å². The largest absolute Gasteiger partial charge is 0.495 e. The maximum absolute atomic E-state index is 5.49. The van der Waals surface area contributed by atoms with Gasteiger partial charge in [-0.1, -0.05) is 26.2 Å². The molecular weight excluding hydrogens is 236 g/mol. The highest BCUT2D eigenvalue weighted by molar-refractivity contribution is 5.33. The number of aromatic nitrogens is 1. The first-order chi connectivity index (χ1) is 9.36. The third-order valence-corrected chi connectivity index (χ3v) is 4.11. The molecule has 0 amide bonds. The number of ether oxygens (including phenoxy) is 1. The summed E-state index contributed by atoms with van der Waals surface area (Å²) in [5.74, 6) is 1.65. The van der Waals surface area contributed by atoms with Crippen LogP contribution in [-0.2, 0) is 0 Å². The minimum Gasteiger partial charge on any atom is -0.495 e. The molecule has 1 heterocycles. The minimum atomic E-state index is 0.415. The Morgan fingerprint density at radius 1 is 1.37 bits per heavy atom. The third kappa shape index (κ3) is 3.69. The van der Waals surface area contributed by atoms with Crippen LogP contribution in [0.25, 0.3) is 0 Å². The highest BCUT2D eigenvalue weighted by atomic mass is 16.5. The lowest BCUT2D eigenvalue weighted by Crippen LogP contribution is -2.30. The van der Waals surface area contributed by atoms with E-state index in [9.17, 15) is 0 Å². The molecule has 1 saturated carbocycles. The third-order valence-electron chi connectivity index (χ3n) is 4.11. The summed E-state index contributed by atoms with van der Waals surface area (Å²) in [5.41, 5.74) is 1.28. The van der Waals surface area contributed by atoms with Crippen LogP contribution in [0.2, 0.25) is 0 Å². The van der Waals surface area contributed by atoms with Crippen molar-refractivity contribution in [1.82, 2.24) is 10.3 Å². The van der Waals surface area contributed by atoms with Crippen LogP contribution >= 0.6 is 0 Å². The van der Waals surface area contributed by atoms with Gasteiger partial charge in [-0.25, -0.2) is 0 Å². The fourth-order valence-corrected chi connectivity index (χ4v) is 3.12. The van der Waals surface area contributed by atoms with Gasteiger partial charge in [0.15, 0.2) is 0 Å². The Morgan fingerprint density at radius 3 is 2.84 bits per heavy atom. The van der Waals surface area contributed by atoms with Gasteiger partial charge in [-0.15, -0.1) is 0 Å². The maximum Gasteiger partial charge on any atom is 0.141 e. The molecule has 106 valence electrons. The van der Waals surface area contributed by atoms with Crippen molar-refractivity contribution in [3.8, 4) is 5.75 Å². The van der Waals surface area contributed by atoms with E-state index < -0.39 is 0 Å². The van der Waals surface area contributed by atoms with Gasteiger partial charge in [0.25, 0.3) is 0 Å². The van der Waals surface area contributed by atoms with Gasteiger partial charge < -0.3 is 10.1 Å². The Bertz CT molecular complexity index is 375. The van der Waals surface area contributed by atoms with Gasteiger partial charge in [0, 0.05) is 17.8 Å². The van der Waals surface area contributed by atoms with Crippen LogP contribution < -0.4 is 10.1 Å². The van der Waals surface area contributed by atoms with Crippen LogP contribution in [0.4, 0.5) is 0 Å². The predicted molar refractivity (Wildman–Crippen MR) is 78.4 cm³/mol.